The van der Waals surface area contributed by atoms with Crippen molar-refractivity contribution >= 4 is 0 Å². The van der Waals surface area contributed by atoms with Crippen LogP contribution in [0.15, 0.2) is 24.8 Å². The number of terminal acetylenes is 1. The van der Waals surface area contributed by atoms with Gasteiger partial charge in [-0.15, -0.1) is 13.0 Å². The monoisotopic (exact) mass is 259 g/mol. The zero-order valence-electron chi connectivity index (χ0n) is 11.6. The van der Waals surface area contributed by atoms with Crippen molar-refractivity contribution in [3.05, 3.63) is 24.8 Å². The topological polar surface area (TPSA) is 32.3 Å². The van der Waals surface area contributed by atoms with E-state index in [4.69, 9.17) is 6.42 Å². The van der Waals surface area contributed by atoms with Crippen LogP contribution in [0.4, 0.5) is 0 Å². The second kappa shape index (κ2) is 6.41. The Morgan fingerprint density at radius 1 is 1.37 bits per heavy atom. The van der Waals surface area contributed by atoms with Crippen LogP contribution in [0, 0.1) is 18.3 Å². The third kappa shape index (κ3) is 3.11. The minimum atomic E-state index is -0.270. The van der Waals surface area contributed by atoms with Crippen molar-refractivity contribution in [1.82, 2.24) is 5.32 Å². The van der Waals surface area contributed by atoms with Crippen LogP contribution in [-0.4, -0.2) is 22.8 Å². The van der Waals surface area contributed by atoms with E-state index < -0.39 is 0 Å². The summed E-state index contributed by atoms with van der Waals surface area (Å²) in [4.78, 5) is 0. The second-order valence-corrected chi connectivity index (χ2v) is 5.93. The summed E-state index contributed by atoms with van der Waals surface area (Å²) in [5, 5.41) is 14.2. The van der Waals surface area contributed by atoms with E-state index in [0.29, 0.717) is 6.04 Å². The Hall–Kier alpha value is -1.04. The summed E-state index contributed by atoms with van der Waals surface area (Å²) >= 11 is 0. The van der Waals surface area contributed by atoms with Crippen molar-refractivity contribution < 1.29 is 5.11 Å². The molecule has 0 aromatic heterocycles. The van der Waals surface area contributed by atoms with E-state index in [2.05, 4.69) is 17.8 Å². The van der Waals surface area contributed by atoms with Gasteiger partial charge in [0.2, 0.25) is 0 Å². The third-order valence-corrected chi connectivity index (χ3v) is 4.69. The Bertz CT molecular complexity index is 377. The van der Waals surface area contributed by atoms with Gasteiger partial charge in [-0.3, -0.25) is 0 Å². The molecular weight excluding hydrogens is 234 g/mol. The van der Waals surface area contributed by atoms with Crippen molar-refractivity contribution in [2.45, 2.75) is 62.6 Å². The SMILES string of the molecule is C#CC=C[C@@H]1[C@@H](O)CCC[C@]12CCC[C@@H](CC=C)N2. The first-order valence-electron chi connectivity index (χ1n) is 7.41. The molecule has 1 heterocycles. The number of allylic oxidation sites excluding steroid dienone is 1. The number of aliphatic hydroxyl groups excluding tert-OH is 1. The standard InChI is InChI=1S/C17H25NO/c1-3-5-10-15-16(19)11-7-13-17(15)12-6-9-14(18-17)8-4-2/h1,4-5,10,14-16,18-19H,2,6-9,11-13H2/t14-,15-,16+,17-/m1/s1. The van der Waals surface area contributed by atoms with Gasteiger partial charge in [-0.25, -0.2) is 0 Å². The summed E-state index contributed by atoms with van der Waals surface area (Å²) in [6.45, 7) is 3.84. The quantitative estimate of drug-likeness (QED) is 0.603. The van der Waals surface area contributed by atoms with Gasteiger partial charge in [-0.1, -0.05) is 24.5 Å². The normalized spacial score (nSPS) is 39.3. The fraction of sp³-hybridized carbons (Fsp3) is 0.647. The molecule has 0 bridgehead atoms. The van der Waals surface area contributed by atoms with Crippen molar-refractivity contribution in [1.29, 1.82) is 0 Å². The molecule has 0 aromatic rings. The molecule has 0 amide bonds. The van der Waals surface area contributed by atoms with Gasteiger partial charge in [0.1, 0.15) is 0 Å². The number of hydrogen-bond acceptors (Lipinski definition) is 2. The van der Waals surface area contributed by atoms with Crippen molar-refractivity contribution in [2.24, 2.45) is 5.92 Å². The van der Waals surface area contributed by atoms with Crippen molar-refractivity contribution in [3.63, 3.8) is 0 Å². The van der Waals surface area contributed by atoms with E-state index in [1.807, 2.05) is 12.2 Å². The average Bonchev–Trinajstić information content (AvgIpc) is 2.39. The highest BCUT2D eigenvalue weighted by atomic mass is 16.3. The zero-order valence-corrected chi connectivity index (χ0v) is 11.6. The molecule has 2 heteroatoms. The molecule has 104 valence electrons. The summed E-state index contributed by atoms with van der Waals surface area (Å²) in [5.74, 6) is 2.70. The lowest BCUT2D eigenvalue weighted by Crippen LogP contribution is -2.61. The maximum Gasteiger partial charge on any atom is 0.0620 e. The van der Waals surface area contributed by atoms with Crippen LogP contribution < -0.4 is 5.32 Å². The molecule has 1 aliphatic carbocycles. The Balaban J connectivity index is 2.19. The van der Waals surface area contributed by atoms with E-state index in [-0.39, 0.29) is 17.6 Å². The molecule has 19 heavy (non-hydrogen) atoms. The Morgan fingerprint density at radius 2 is 2.11 bits per heavy atom. The number of piperidine rings is 1. The molecule has 1 saturated heterocycles. The highest BCUT2D eigenvalue weighted by molar-refractivity contribution is 5.17. The molecular formula is C17H25NO. The maximum atomic E-state index is 10.3. The van der Waals surface area contributed by atoms with Gasteiger partial charge in [-0.2, -0.15) is 0 Å². The molecule has 1 aliphatic heterocycles. The smallest absolute Gasteiger partial charge is 0.0620 e. The molecule has 2 nitrogen and oxygen atoms in total. The fourth-order valence-electron chi connectivity index (χ4n) is 3.87. The van der Waals surface area contributed by atoms with Crippen LogP contribution in [0.5, 0.6) is 0 Å². The molecule has 2 aliphatic rings. The van der Waals surface area contributed by atoms with Gasteiger partial charge in [-0.05, 0) is 44.6 Å². The van der Waals surface area contributed by atoms with E-state index in [0.717, 1.165) is 32.1 Å². The minimum Gasteiger partial charge on any atom is -0.392 e. The number of aliphatic hydroxyl groups is 1. The van der Waals surface area contributed by atoms with Gasteiger partial charge in [0.25, 0.3) is 0 Å². The molecule has 0 radical (unpaired) electrons. The van der Waals surface area contributed by atoms with E-state index in [9.17, 15) is 5.11 Å². The van der Waals surface area contributed by atoms with Crippen LogP contribution in [0.1, 0.15) is 44.9 Å². The lowest BCUT2D eigenvalue weighted by Gasteiger charge is -2.51. The molecule has 2 N–H and O–H groups in total. The van der Waals surface area contributed by atoms with Gasteiger partial charge < -0.3 is 10.4 Å². The largest absolute Gasteiger partial charge is 0.392 e. The summed E-state index contributed by atoms with van der Waals surface area (Å²) in [5.41, 5.74) is 0.0386. The zero-order chi connectivity index (χ0) is 13.7. The number of rotatable bonds is 3. The molecule has 1 saturated carbocycles. The number of nitrogens with one attached hydrogen (secondary N) is 1. The maximum absolute atomic E-state index is 10.3. The highest BCUT2D eigenvalue weighted by Crippen LogP contribution is 2.41. The molecule has 4 atom stereocenters. The first-order chi connectivity index (χ1) is 9.22. The van der Waals surface area contributed by atoms with Crippen molar-refractivity contribution in [2.75, 3.05) is 0 Å². The van der Waals surface area contributed by atoms with Gasteiger partial charge >= 0.3 is 0 Å². The Morgan fingerprint density at radius 3 is 2.79 bits per heavy atom. The third-order valence-electron chi connectivity index (χ3n) is 4.69. The molecule has 2 rings (SSSR count). The van der Waals surface area contributed by atoms with Gasteiger partial charge in [0.15, 0.2) is 0 Å². The van der Waals surface area contributed by atoms with Crippen LogP contribution in [0.25, 0.3) is 0 Å². The second-order valence-electron chi connectivity index (χ2n) is 5.93. The van der Waals surface area contributed by atoms with Gasteiger partial charge in [0.05, 0.1) is 6.10 Å². The van der Waals surface area contributed by atoms with Crippen LogP contribution in [0.3, 0.4) is 0 Å². The average molecular weight is 259 g/mol. The van der Waals surface area contributed by atoms with E-state index in [1.165, 1.54) is 12.8 Å². The summed E-state index contributed by atoms with van der Waals surface area (Å²) < 4.78 is 0. The first kappa shape index (κ1) is 14.4. The molecule has 0 aromatic carbocycles. The lowest BCUT2D eigenvalue weighted by atomic mass is 9.66. The Kier molecular flexibility index (Phi) is 4.85. The summed E-state index contributed by atoms with van der Waals surface area (Å²) in [6.07, 6.45) is 18.5. The molecule has 2 fully saturated rings. The van der Waals surface area contributed by atoms with Crippen molar-refractivity contribution in [3.8, 4) is 12.3 Å². The molecule has 0 unspecified atom stereocenters. The minimum absolute atomic E-state index is 0.0386. The predicted octanol–water partition coefficient (Wildman–Crippen LogP) is 2.79. The summed E-state index contributed by atoms with van der Waals surface area (Å²) in [6, 6.07) is 0.498. The summed E-state index contributed by atoms with van der Waals surface area (Å²) in [7, 11) is 0. The van der Waals surface area contributed by atoms with Gasteiger partial charge in [0, 0.05) is 17.5 Å². The van der Waals surface area contributed by atoms with E-state index >= 15 is 0 Å². The number of hydrogen-bond donors (Lipinski definition) is 2. The van der Waals surface area contributed by atoms with E-state index in [1.54, 1.807) is 6.08 Å². The van der Waals surface area contributed by atoms with Crippen LogP contribution >= 0.6 is 0 Å². The Labute approximate surface area is 117 Å². The lowest BCUT2D eigenvalue weighted by molar-refractivity contribution is 0.00394. The van der Waals surface area contributed by atoms with Crippen LogP contribution in [0.2, 0.25) is 0 Å². The predicted molar refractivity (Wildman–Crippen MR) is 79.6 cm³/mol. The molecule has 1 spiro atoms. The fourth-order valence-corrected chi connectivity index (χ4v) is 3.87. The first-order valence-corrected chi connectivity index (χ1v) is 7.41. The van der Waals surface area contributed by atoms with Crippen LogP contribution in [-0.2, 0) is 0 Å². The highest BCUT2D eigenvalue weighted by Gasteiger charge is 2.45.